The third-order valence-corrected chi connectivity index (χ3v) is 1.19. The van der Waals surface area contributed by atoms with Gasteiger partial charge in [0.2, 0.25) is 6.41 Å². The summed E-state index contributed by atoms with van der Waals surface area (Å²) >= 11 is 0. The fourth-order valence-corrected chi connectivity index (χ4v) is 0.448. The predicted octanol–water partition coefficient (Wildman–Crippen LogP) is 0.503. The van der Waals surface area contributed by atoms with Gasteiger partial charge in [-0.1, -0.05) is 0 Å². The molecule has 0 bridgehead atoms. The highest BCUT2D eigenvalue weighted by Gasteiger charge is 1.88. The van der Waals surface area contributed by atoms with Crippen molar-refractivity contribution in [1.82, 2.24) is 5.43 Å². The van der Waals surface area contributed by atoms with Crippen molar-refractivity contribution in [2.75, 3.05) is 0 Å². The van der Waals surface area contributed by atoms with E-state index in [1.54, 1.807) is 11.7 Å². The molecule has 0 atom stereocenters. The molecule has 1 heterocycles. The standard InChI is InChI=1S/C6H8O.CH4N2O/c1-5-3-4-7-6(5)2;2-3-1-4/h3-4H,1-2H3;1H,2H2,(H,3,4). The van der Waals surface area contributed by atoms with Crippen LogP contribution >= 0.6 is 0 Å². The van der Waals surface area contributed by atoms with Crippen LogP contribution in [-0.2, 0) is 4.79 Å². The quantitative estimate of drug-likeness (QED) is 0.269. The number of furan rings is 1. The summed E-state index contributed by atoms with van der Waals surface area (Å²) in [5, 5.41) is 0. The molecule has 4 heteroatoms. The highest BCUT2D eigenvalue weighted by Crippen LogP contribution is 2.04. The Morgan fingerprint density at radius 1 is 1.64 bits per heavy atom. The summed E-state index contributed by atoms with van der Waals surface area (Å²) in [5.74, 6) is 5.42. The lowest BCUT2D eigenvalue weighted by Gasteiger charge is -1.79. The van der Waals surface area contributed by atoms with Crippen LogP contribution in [0.1, 0.15) is 11.3 Å². The maximum atomic E-state index is 8.94. The second kappa shape index (κ2) is 5.49. The molecule has 0 fully saturated rings. The van der Waals surface area contributed by atoms with E-state index in [9.17, 15) is 0 Å². The first-order valence-electron chi connectivity index (χ1n) is 3.12. The first kappa shape index (κ1) is 9.71. The minimum atomic E-state index is 0.403. The topological polar surface area (TPSA) is 68.3 Å². The summed E-state index contributed by atoms with van der Waals surface area (Å²) in [4.78, 5) is 8.94. The number of carbonyl (C=O) groups excluding carboxylic acids is 1. The molecule has 1 rings (SSSR count). The molecular weight excluding hydrogens is 144 g/mol. The molecule has 0 spiro atoms. The molecule has 0 unspecified atom stereocenters. The van der Waals surface area contributed by atoms with E-state index in [4.69, 9.17) is 9.21 Å². The lowest BCUT2D eigenvalue weighted by molar-refractivity contribution is -0.109. The maximum Gasteiger partial charge on any atom is 0.221 e. The van der Waals surface area contributed by atoms with Crippen molar-refractivity contribution in [3.8, 4) is 0 Å². The van der Waals surface area contributed by atoms with Crippen LogP contribution in [0.25, 0.3) is 0 Å². The SMILES string of the molecule is Cc1ccoc1C.NNC=O. The maximum absolute atomic E-state index is 8.94. The van der Waals surface area contributed by atoms with Crippen molar-refractivity contribution in [3.63, 3.8) is 0 Å². The van der Waals surface area contributed by atoms with Gasteiger partial charge < -0.3 is 4.42 Å². The molecule has 0 aliphatic heterocycles. The van der Waals surface area contributed by atoms with E-state index < -0.39 is 0 Å². The second-order valence-corrected chi connectivity index (χ2v) is 1.94. The zero-order valence-electron chi connectivity index (χ0n) is 6.63. The molecule has 1 aromatic rings. The van der Waals surface area contributed by atoms with Gasteiger partial charge in [-0.2, -0.15) is 0 Å². The Hall–Kier alpha value is -1.29. The largest absolute Gasteiger partial charge is 0.469 e. The number of hydrogen-bond donors (Lipinski definition) is 2. The summed E-state index contributed by atoms with van der Waals surface area (Å²) in [6, 6.07) is 1.95. The Morgan fingerprint density at radius 2 is 2.18 bits per heavy atom. The molecule has 1 amide bonds. The van der Waals surface area contributed by atoms with Crippen molar-refractivity contribution < 1.29 is 9.21 Å². The minimum Gasteiger partial charge on any atom is -0.469 e. The molecule has 0 aliphatic carbocycles. The molecule has 62 valence electrons. The number of hydrogen-bond acceptors (Lipinski definition) is 3. The van der Waals surface area contributed by atoms with Crippen LogP contribution in [0.4, 0.5) is 0 Å². The van der Waals surface area contributed by atoms with Crippen LogP contribution in [0.15, 0.2) is 16.7 Å². The number of amides is 1. The summed E-state index contributed by atoms with van der Waals surface area (Å²) in [5.41, 5.74) is 2.97. The van der Waals surface area contributed by atoms with Crippen molar-refractivity contribution in [3.05, 3.63) is 23.7 Å². The zero-order chi connectivity index (χ0) is 8.69. The van der Waals surface area contributed by atoms with Gasteiger partial charge in [0.15, 0.2) is 0 Å². The average Bonchev–Trinajstić information content (AvgIpc) is 2.37. The number of rotatable bonds is 1. The summed E-state index contributed by atoms with van der Waals surface area (Å²) in [7, 11) is 0. The second-order valence-electron chi connectivity index (χ2n) is 1.94. The highest BCUT2D eigenvalue weighted by molar-refractivity contribution is 5.44. The fourth-order valence-electron chi connectivity index (χ4n) is 0.448. The smallest absolute Gasteiger partial charge is 0.221 e. The van der Waals surface area contributed by atoms with Crippen LogP contribution in [0.5, 0.6) is 0 Å². The van der Waals surface area contributed by atoms with Gasteiger partial charge in [0, 0.05) is 0 Å². The molecule has 3 N–H and O–H groups in total. The molecule has 0 radical (unpaired) electrons. The van der Waals surface area contributed by atoms with Crippen LogP contribution in [0.2, 0.25) is 0 Å². The number of nitrogens with one attached hydrogen (secondary N) is 1. The minimum absolute atomic E-state index is 0.403. The van der Waals surface area contributed by atoms with E-state index in [1.807, 2.05) is 19.9 Å². The molecular formula is C7H12N2O2. The van der Waals surface area contributed by atoms with Gasteiger partial charge in [-0.3, -0.25) is 10.2 Å². The molecule has 0 aromatic carbocycles. The van der Waals surface area contributed by atoms with Crippen LogP contribution in [0.3, 0.4) is 0 Å². The Labute approximate surface area is 65.3 Å². The van der Waals surface area contributed by atoms with E-state index in [1.165, 1.54) is 5.56 Å². The number of nitrogens with two attached hydrogens (primary N) is 1. The first-order chi connectivity index (χ1) is 5.22. The van der Waals surface area contributed by atoms with Gasteiger partial charge >= 0.3 is 0 Å². The third kappa shape index (κ3) is 4.16. The van der Waals surface area contributed by atoms with Crippen molar-refractivity contribution in [2.45, 2.75) is 13.8 Å². The summed E-state index contributed by atoms with van der Waals surface area (Å²) in [6.45, 7) is 3.98. The molecule has 0 saturated carbocycles. The molecule has 1 aromatic heterocycles. The first-order valence-corrected chi connectivity index (χ1v) is 3.12. The van der Waals surface area contributed by atoms with E-state index in [2.05, 4.69) is 5.84 Å². The van der Waals surface area contributed by atoms with Gasteiger partial charge in [-0.05, 0) is 25.5 Å². The van der Waals surface area contributed by atoms with Gasteiger partial charge in [0.25, 0.3) is 0 Å². The Balaban J connectivity index is 0.000000218. The monoisotopic (exact) mass is 156 g/mol. The number of carbonyl (C=O) groups is 1. The highest BCUT2D eigenvalue weighted by atomic mass is 16.3. The third-order valence-electron chi connectivity index (χ3n) is 1.19. The molecule has 4 nitrogen and oxygen atoms in total. The van der Waals surface area contributed by atoms with Gasteiger partial charge in [0.1, 0.15) is 5.76 Å². The van der Waals surface area contributed by atoms with Crippen molar-refractivity contribution in [1.29, 1.82) is 0 Å². The summed E-state index contributed by atoms with van der Waals surface area (Å²) < 4.78 is 4.96. The normalized spacial score (nSPS) is 7.91. The summed E-state index contributed by atoms with van der Waals surface area (Å²) in [6.07, 6.45) is 2.10. The van der Waals surface area contributed by atoms with Gasteiger partial charge in [0.05, 0.1) is 6.26 Å². The van der Waals surface area contributed by atoms with Crippen LogP contribution in [0, 0.1) is 13.8 Å². The number of aryl methyl sites for hydroxylation is 2. The van der Waals surface area contributed by atoms with Crippen molar-refractivity contribution >= 4 is 6.41 Å². The zero-order valence-corrected chi connectivity index (χ0v) is 6.63. The van der Waals surface area contributed by atoms with Crippen molar-refractivity contribution in [2.24, 2.45) is 5.84 Å². The molecule has 0 saturated heterocycles. The Kier molecular flexibility index (Phi) is 4.85. The van der Waals surface area contributed by atoms with E-state index in [-0.39, 0.29) is 0 Å². The number of hydrazine groups is 1. The average molecular weight is 156 g/mol. The molecule has 11 heavy (non-hydrogen) atoms. The van der Waals surface area contributed by atoms with Crippen LogP contribution < -0.4 is 11.3 Å². The van der Waals surface area contributed by atoms with E-state index in [0.717, 1.165) is 5.76 Å². The predicted molar refractivity (Wildman–Crippen MR) is 41.6 cm³/mol. The lowest BCUT2D eigenvalue weighted by atomic mass is 10.3. The van der Waals surface area contributed by atoms with Crippen LogP contribution in [-0.4, -0.2) is 6.41 Å². The Bertz CT molecular complexity index is 191. The molecule has 0 aliphatic rings. The van der Waals surface area contributed by atoms with E-state index >= 15 is 0 Å². The fraction of sp³-hybridized carbons (Fsp3) is 0.286. The van der Waals surface area contributed by atoms with E-state index in [0.29, 0.717) is 6.41 Å². The lowest BCUT2D eigenvalue weighted by Crippen LogP contribution is -2.18. The van der Waals surface area contributed by atoms with Gasteiger partial charge in [-0.25, -0.2) is 5.84 Å². The van der Waals surface area contributed by atoms with Gasteiger partial charge in [-0.15, -0.1) is 0 Å². The Morgan fingerprint density at radius 3 is 2.27 bits per heavy atom.